The summed E-state index contributed by atoms with van der Waals surface area (Å²) in [5, 5.41) is 0. The lowest BCUT2D eigenvalue weighted by molar-refractivity contribution is -0.294. The molecule has 0 N–H and O–H groups in total. The van der Waals surface area contributed by atoms with Crippen molar-refractivity contribution in [3.05, 3.63) is 66.3 Å². The smallest absolute Gasteiger partial charge is 0.420 e. The lowest BCUT2D eigenvalue weighted by Gasteiger charge is -2.47. The van der Waals surface area contributed by atoms with Gasteiger partial charge < -0.3 is 33.3 Å². The zero-order valence-corrected chi connectivity index (χ0v) is 34.6. The van der Waals surface area contributed by atoms with Crippen LogP contribution in [0, 0.1) is 17.8 Å². The van der Waals surface area contributed by atoms with Gasteiger partial charge in [0.2, 0.25) is 0 Å². The molecule has 0 aliphatic carbocycles. The highest BCUT2D eigenvalue weighted by molar-refractivity contribution is 6.00. The maximum Gasteiger partial charge on any atom is 0.420 e. The molecule has 56 heavy (non-hydrogen) atoms. The van der Waals surface area contributed by atoms with Gasteiger partial charge in [0.15, 0.2) is 29.6 Å². The molecule has 0 bridgehead atoms. The highest BCUT2D eigenvalue weighted by Crippen LogP contribution is 2.39. The lowest BCUT2D eigenvalue weighted by Crippen LogP contribution is -2.60. The normalized spacial score (nSPS) is 34.5. The van der Waals surface area contributed by atoms with E-state index in [-0.39, 0.29) is 42.8 Å². The Hall–Kier alpha value is -4.24. The molecule has 1 aromatic carbocycles. The molecule has 0 amide bonds. The van der Waals surface area contributed by atoms with E-state index in [9.17, 15) is 24.0 Å². The van der Waals surface area contributed by atoms with Gasteiger partial charge in [-0.15, -0.1) is 0 Å². The second-order valence-electron chi connectivity index (χ2n) is 15.6. The van der Waals surface area contributed by atoms with E-state index in [4.69, 9.17) is 28.4 Å². The number of carbonyl (C=O) groups excluding carboxylic acids is 5. The molecule has 308 valence electrons. The van der Waals surface area contributed by atoms with Crippen LogP contribution in [0.15, 0.2) is 60.7 Å². The van der Waals surface area contributed by atoms with Gasteiger partial charge in [0, 0.05) is 31.3 Å². The molecule has 2 aromatic rings. The number of likely N-dealkylation sites (N-methyl/N-ethyl adjacent to an activating group) is 1. The van der Waals surface area contributed by atoms with Gasteiger partial charge in [0.25, 0.3) is 0 Å². The van der Waals surface area contributed by atoms with Crippen molar-refractivity contribution in [3.63, 3.8) is 0 Å². The third-order valence-electron chi connectivity index (χ3n) is 11.3. The van der Waals surface area contributed by atoms with Crippen LogP contribution in [0.2, 0.25) is 0 Å². The van der Waals surface area contributed by atoms with Crippen LogP contribution in [0.25, 0.3) is 0 Å². The van der Waals surface area contributed by atoms with E-state index in [1.165, 1.54) is 32.8 Å². The molecule has 0 saturated carbocycles. The summed E-state index contributed by atoms with van der Waals surface area (Å²) >= 11 is 0. The lowest BCUT2D eigenvalue weighted by atomic mass is 9.76. The molecular formula is C42H59N3O11. The largest absolute Gasteiger partial charge is 0.457 e. The minimum atomic E-state index is -1.57. The molecule has 14 heteroatoms. The Morgan fingerprint density at radius 3 is 2.30 bits per heavy atom. The van der Waals surface area contributed by atoms with Crippen LogP contribution in [0.3, 0.4) is 0 Å². The number of imidazole rings is 1. The Labute approximate surface area is 330 Å². The van der Waals surface area contributed by atoms with Crippen molar-refractivity contribution in [3.8, 4) is 0 Å². The van der Waals surface area contributed by atoms with E-state index >= 15 is 0 Å². The average Bonchev–Trinajstić information content (AvgIpc) is 3.73. The third-order valence-corrected chi connectivity index (χ3v) is 11.3. The molecule has 2 aliphatic rings. The summed E-state index contributed by atoms with van der Waals surface area (Å²) in [5.41, 5.74) is -2.26. The van der Waals surface area contributed by atoms with Gasteiger partial charge in [0.05, 0.1) is 29.4 Å². The number of benzene rings is 1. The Balaban J connectivity index is 1.80. The minimum Gasteiger partial charge on any atom is -0.457 e. The van der Waals surface area contributed by atoms with Crippen LogP contribution in [-0.2, 0) is 42.8 Å². The van der Waals surface area contributed by atoms with E-state index in [0.29, 0.717) is 12.0 Å². The number of ketones is 2. The molecule has 4 rings (SSSR count). The summed E-state index contributed by atoms with van der Waals surface area (Å²) < 4.78 is 38.8. The molecule has 11 atom stereocenters. The summed E-state index contributed by atoms with van der Waals surface area (Å²) in [5.74, 6) is -5.20. The maximum absolute atomic E-state index is 14.5. The highest BCUT2D eigenvalue weighted by Gasteiger charge is 2.51. The first-order chi connectivity index (χ1) is 26.4. The number of Topliss-reactive ketones (excluding diaryl/α,β-unsaturated/α-hetero) is 2. The van der Waals surface area contributed by atoms with Gasteiger partial charge in [-0.3, -0.25) is 14.4 Å². The number of aromatic nitrogens is 2. The van der Waals surface area contributed by atoms with E-state index in [2.05, 4.69) is 4.98 Å². The summed E-state index contributed by atoms with van der Waals surface area (Å²) in [4.78, 5) is 75.4. The molecule has 1 saturated heterocycles. The maximum atomic E-state index is 14.5. The van der Waals surface area contributed by atoms with E-state index in [0.717, 1.165) is 4.57 Å². The second-order valence-corrected chi connectivity index (χ2v) is 15.6. The molecule has 1 aromatic heterocycles. The SMILES string of the molecule is CC[C@H]1OC(=O)[C@H](C)C(=O)[C@H](C)[C@@H](OC2O[C@H](C)C[C@H](N(C)C)[C@H]2OC(=O)c2ccccc2)[C@@](C)(OC)C[C@@H](C)C(=O)/C(C)=C/[C@]1(CC)OC(=O)n1ccnc1. The fourth-order valence-electron chi connectivity index (χ4n) is 7.91. The molecule has 2 aliphatic heterocycles. The number of hydrogen-bond donors (Lipinski definition) is 0. The van der Waals surface area contributed by atoms with Crippen molar-refractivity contribution in [1.29, 1.82) is 0 Å². The zero-order valence-electron chi connectivity index (χ0n) is 34.6. The average molecular weight is 782 g/mol. The Morgan fingerprint density at radius 2 is 1.73 bits per heavy atom. The van der Waals surface area contributed by atoms with Crippen molar-refractivity contribution in [2.45, 2.75) is 129 Å². The van der Waals surface area contributed by atoms with Crippen molar-refractivity contribution in [2.75, 3.05) is 21.2 Å². The Kier molecular flexibility index (Phi) is 14.9. The van der Waals surface area contributed by atoms with E-state index in [1.807, 2.05) is 25.9 Å². The summed E-state index contributed by atoms with van der Waals surface area (Å²) in [6, 6.07) is 8.26. The quantitative estimate of drug-likeness (QED) is 0.170. The van der Waals surface area contributed by atoms with Crippen molar-refractivity contribution < 1.29 is 52.4 Å². The standard InChI is InChI=1S/C42H59N3O11/c1-12-32-42(13-2,56-40(50)45-20-19-43-24-45)23-26(4)33(46)25(3)22-41(8,51-11)36(28(6)34(47)29(7)37(48)53-32)55-39-35(31(44(9)10)21-27(5)52-39)54-38(49)30-17-15-14-16-18-30/h14-20,23-25,27-29,31-32,35-36,39H,12-13,21-22H2,1-11H3/b26-23+/t25-,27-,28+,29-,31+,32-,35-,36-,39?,41+,42+/m1/s1. The minimum absolute atomic E-state index is 0.0770. The number of allylic oxidation sites excluding steroid dienone is 1. The van der Waals surface area contributed by atoms with Crippen LogP contribution in [0.1, 0.15) is 91.4 Å². The second kappa shape index (κ2) is 18.8. The van der Waals surface area contributed by atoms with Gasteiger partial charge >= 0.3 is 18.0 Å². The molecule has 3 heterocycles. The summed E-state index contributed by atoms with van der Waals surface area (Å²) in [6.07, 6.45) is 1.25. The van der Waals surface area contributed by atoms with E-state index in [1.54, 1.807) is 78.0 Å². The van der Waals surface area contributed by atoms with Crippen LogP contribution < -0.4 is 0 Å². The Bertz CT molecular complexity index is 1710. The first-order valence-corrected chi connectivity index (χ1v) is 19.4. The Morgan fingerprint density at radius 1 is 1.05 bits per heavy atom. The van der Waals surface area contributed by atoms with Crippen LogP contribution in [0.5, 0.6) is 0 Å². The summed E-state index contributed by atoms with van der Waals surface area (Å²) in [7, 11) is 5.22. The molecule has 0 radical (unpaired) electrons. The number of nitrogens with zero attached hydrogens (tertiary/aromatic N) is 3. The van der Waals surface area contributed by atoms with Gasteiger partial charge in [-0.25, -0.2) is 19.1 Å². The van der Waals surface area contributed by atoms with Crippen molar-refractivity contribution in [1.82, 2.24) is 14.5 Å². The van der Waals surface area contributed by atoms with Gasteiger partial charge in [-0.2, -0.15) is 0 Å². The number of cyclic esters (lactones) is 1. The first-order valence-electron chi connectivity index (χ1n) is 19.4. The van der Waals surface area contributed by atoms with Crippen LogP contribution in [0.4, 0.5) is 4.79 Å². The fraction of sp³-hybridized carbons (Fsp3) is 0.619. The van der Waals surface area contributed by atoms with Crippen molar-refractivity contribution >= 4 is 29.6 Å². The van der Waals surface area contributed by atoms with E-state index < -0.39 is 77.4 Å². The van der Waals surface area contributed by atoms with Gasteiger partial charge in [-0.05, 0) is 91.3 Å². The monoisotopic (exact) mass is 781 g/mol. The topological polar surface area (TPSA) is 162 Å². The number of methoxy groups -OCH3 is 1. The number of ether oxygens (including phenoxy) is 6. The number of hydrogen-bond acceptors (Lipinski definition) is 13. The van der Waals surface area contributed by atoms with Crippen LogP contribution in [-0.4, -0.2) is 113 Å². The summed E-state index contributed by atoms with van der Waals surface area (Å²) in [6.45, 7) is 13.6. The van der Waals surface area contributed by atoms with Gasteiger partial charge in [-0.1, -0.05) is 45.9 Å². The zero-order chi connectivity index (χ0) is 41.5. The molecule has 1 fully saturated rings. The predicted octanol–water partition coefficient (Wildman–Crippen LogP) is 5.82. The fourth-order valence-corrected chi connectivity index (χ4v) is 7.91. The van der Waals surface area contributed by atoms with Gasteiger partial charge in [0.1, 0.15) is 18.3 Å². The number of esters is 2. The molecule has 0 spiro atoms. The highest BCUT2D eigenvalue weighted by atomic mass is 16.7. The number of rotatable bonds is 9. The van der Waals surface area contributed by atoms with Crippen LogP contribution >= 0.6 is 0 Å². The van der Waals surface area contributed by atoms with Crippen molar-refractivity contribution in [2.24, 2.45) is 17.8 Å². The predicted molar refractivity (Wildman–Crippen MR) is 206 cm³/mol. The molecule has 1 unspecified atom stereocenters. The molecule has 14 nitrogen and oxygen atoms in total. The first kappa shape index (κ1) is 44.5. The molecular weight excluding hydrogens is 722 g/mol. The number of carbonyl (C=O) groups is 5. The third kappa shape index (κ3) is 9.82.